The van der Waals surface area contributed by atoms with E-state index in [1.54, 1.807) is 11.6 Å². The van der Waals surface area contributed by atoms with Crippen molar-refractivity contribution < 1.29 is 5.11 Å². The SMILES string of the molecule is Cc1ccc(NC[C@@H](O)Cn2cnc3c2c(=O)n(C)c(=O)n3C)cc1. The molecule has 0 aliphatic rings. The molecule has 0 saturated heterocycles. The molecular weight excluding hydrogens is 322 g/mol. The van der Waals surface area contributed by atoms with E-state index in [4.69, 9.17) is 0 Å². The number of anilines is 1. The molecule has 0 aliphatic carbocycles. The Morgan fingerprint density at radius 2 is 1.84 bits per heavy atom. The molecule has 132 valence electrons. The Hall–Kier alpha value is -2.87. The number of nitrogens with zero attached hydrogens (tertiary/aromatic N) is 4. The standard InChI is InChI=1S/C17H21N5O3/c1-11-4-6-12(7-5-11)18-8-13(23)9-22-10-19-15-14(22)16(24)21(3)17(25)20(15)2/h4-7,10,13,18,23H,8-9H2,1-3H3/t13-/m1/s1. The smallest absolute Gasteiger partial charge is 0.332 e. The molecular formula is C17H21N5O3. The third-order valence-corrected chi connectivity index (χ3v) is 4.22. The number of aromatic nitrogens is 4. The van der Waals surface area contributed by atoms with Crippen LogP contribution in [0.25, 0.3) is 11.2 Å². The van der Waals surface area contributed by atoms with Gasteiger partial charge in [-0.2, -0.15) is 0 Å². The van der Waals surface area contributed by atoms with Crippen molar-refractivity contribution in [3.63, 3.8) is 0 Å². The molecule has 0 radical (unpaired) electrons. The highest BCUT2D eigenvalue weighted by atomic mass is 16.3. The fourth-order valence-electron chi connectivity index (χ4n) is 2.73. The Kier molecular flexibility index (Phi) is 4.45. The first-order chi connectivity index (χ1) is 11.9. The van der Waals surface area contributed by atoms with Gasteiger partial charge >= 0.3 is 5.69 Å². The van der Waals surface area contributed by atoms with Crippen LogP contribution in [0.5, 0.6) is 0 Å². The predicted molar refractivity (Wildman–Crippen MR) is 95.9 cm³/mol. The first-order valence-electron chi connectivity index (χ1n) is 7.98. The van der Waals surface area contributed by atoms with Gasteiger partial charge in [0.2, 0.25) is 0 Å². The maximum atomic E-state index is 12.4. The molecule has 0 bridgehead atoms. The number of rotatable bonds is 5. The van der Waals surface area contributed by atoms with Gasteiger partial charge in [0.25, 0.3) is 5.56 Å². The Morgan fingerprint density at radius 1 is 1.16 bits per heavy atom. The van der Waals surface area contributed by atoms with Gasteiger partial charge in [0.15, 0.2) is 11.2 Å². The molecule has 0 amide bonds. The van der Waals surface area contributed by atoms with Crippen molar-refractivity contribution in [2.75, 3.05) is 11.9 Å². The normalized spacial score (nSPS) is 12.5. The van der Waals surface area contributed by atoms with E-state index in [1.165, 1.54) is 17.9 Å². The lowest BCUT2D eigenvalue weighted by Crippen LogP contribution is -2.38. The maximum absolute atomic E-state index is 12.4. The highest BCUT2D eigenvalue weighted by molar-refractivity contribution is 5.69. The lowest BCUT2D eigenvalue weighted by molar-refractivity contribution is 0.168. The summed E-state index contributed by atoms with van der Waals surface area (Å²) in [6.45, 7) is 2.54. The largest absolute Gasteiger partial charge is 0.389 e. The van der Waals surface area contributed by atoms with E-state index < -0.39 is 17.4 Å². The summed E-state index contributed by atoms with van der Waals surface area (Å²) < 4.78 is 3.94. The minimum atomic E-state index is -0.722. The lowest BCUT2D eigenvalue weighted by Gasteiger charge is -2.14. The zero-order valence-corrected chi connectivity index (χ0v) is 14.4. The van der Waals surface area contributed by atoms with Gasteiger partial charge in [-0.05, 0) is 19.1 Å². The minimum Gasteiger partial charge on any atom is -0.389 e. The van der Waals surface area contributed by atoms with Gasteiger partial charge < -0.3 is 15.0 Å². The second-order valence-electron chi connectivity index (χ2n) is 6.18. The van der Waals surface area contributed by atoms with E-state index in [-0.39, 0.29) is 6.54 Å². The first kappa shape index (κ1) is 17.0. The molecule has 0 fully saturated rings. The van der Waals surface area contributed by atoms with E-state index >= 15 is 0 Å². The first-order valence-corrected chi connectivity index (χ1v) is 7.98. The molecule has 25 heavy (non-hydrogen) atoms. The molecule has 2 aromatic heterocycles. The van der Waals surface area contributed by atoms with Gasteiger partial charge in [-0.15, -0.1) is 0 Å². The molecule has 3 aromatic rings. The van der Waals surface area contributed by atoms with E-state index in [0.29, 0.717) is 17.7 Å². The van der Waals surface area contributed by atoms with Crippen LogP contribution in [0.4, 0.5) is 5.69 Å². The average molecular weight is 343 g/mol. The van der Waals surface area contributed by atoms with Gasteiger partial charge in [-0.25, -0.2) is 9.78 Å². The van der Waals surface area contributed by atoms with Crippen LogP contribution in [0.3, 0.4) is 0 Å². The number of hydrogen-bond donors (Lipinski definition) is 2. The van der Waals surface area contributed by atoms with Crippen LogP contribution in [0, 0.1) is 6.92 Å². The molecule has 1 atom stereocenters. The number of aliphatic hydroxyl groups is 1. The molecule has 8 heteroatoms. The molecule has 0 saturated carbocycles. The number of fused-ring (bicyclic) bond motifs is 1. The van der Waals surface area contributed by atoms with Crippen LogP contribution in [0.1, 0.15) is 5.56 Å². The van der Waals surface area contributed by atoms with Crippen LogP contribution in [-0.4, -0.2) is 36.4 Å². The highest BCUT2D eigenvalue weighted by Gasteiger charge is 2.16. The zero-order chi connectivity index (χ0) is 18.1. The van der Waals surface area contributed by atoms with Crippen molar-refractivity contribution >= 4 is 16.9 Å². The van der Waals surface area contributed by atoms with Crippen LogP contribution < -0.4 is 16.6 Å². The molecule has 8 nitrogen and oxygen atoms in total. The summed E-state index contributed by atoms with van der Waals surface area (Å²) in [5.41, 5.74) is 1.85. The molecule has 2 N–H and O–H groups in total. The third-order valence-electron chi connectivity index (χ3n) is 4.22. The topological polar surface area (TPSA) is 94.1 Å². The van der Waals surface area contributed by atoms with Gasteiger partial charge in [0.1, 0.15) is 0 Å². The minimum absolute atomic E-state index is 0.197. The third kappa shape index (κ3) is 3.20. The quantitative estimate of drug-likeness (QED) is 0.691. The van der Waals surface area contributed by atoms with Crippen LogP contribution in [-0.2, 0) is 20.6 Å². The van der Waals surface area contributed by atoms with Gasteiger partial charge in [-0.3, -0.25) is 13.9 Å². The monoisotopic (exact) mass is 343 g/mol. The summed E-state index contributed by atoms with van der Waals surface area (Å²) in [6, 6.07) is 7.87. The van der Waals surface area contributed by atoms with Crippen molar-refractivity contribution in [2.24, 2.45) is 14.1 Å². The summed E-state index contributed by atoms with van der Waals surface area (Å²) in [5.74, 6) is 0. The maximum Gasteiger partial charge on any atom is 0.332 e. The molecule has 0 spiro atoms. The number of nitrogens with one attached hydrogen (secondary N) is 1. The Labute approximate surface area is 144 Å². The zero-order valence-electron chi connectivity index (χ0n) is 14.4. The van der Waals surface area contributed by atoms with Crippen LogP contribution in [0.2, 0.25) is 0 Å². The summed E-state index contributed by atoms with van der Waals surface area (Å²) in [7, 11) is 2.99. The van der Waals surface area contributed by atoms with Crippen molar-refractivity contribution in [1.82, 2.24) is 18.7 Å². The van der Waals surface area contributed by atoms with E-state index in [0.717, 1.165) is 15.8 Å². The van der Waals surface area contributed by atoms with Crippen molar-refractivity contribution in [3.8, 4) is 0 Å². The number of benzene rings is 1. The highest BCUT2D eigenvalue weighted by Crippen LogP contribution is 2.10. The predicted octanol–water partition coefficient (Wildman–Crippen LogP) is 0.215. The second kappa shape index (κ2) is 6.56. The van der Waals surface area contributed by atoms with Crippen molar-refractivity contribution in [1.29, 1.82) is 0 Å². The number of hydrogen-bond acceptors (Lipinski definition) is 5. The summed E-state index contributed by atoms with van der Waals surface area (Å²) >= 11 is 0. The number of imidazole rings is 1. The summed E-state index contributed by atoms with van der Waals surface area (Å²) in [6.07, 6.45) is 0.751. The Bertz CT molecular complexity index is 1010. The van der Waals surface area contributed by atoms with E-state index in [2.05, 4.69) is 10.3 Å². The van der Waals surface area contributed by atoms with Crippen LogP contribution >= 0.6 is 0 Å². The summed E-state index contributed by atoms with van der Waals surface area (Å²) in [5, 5.41) is 13.4. The van der Waals surface area contributed by atoms with Crippen LogP contribution in [0.15, 0.2) is 40.2 Å². The Morgan fingerprint density at radius 3 is 2.52 bits per heavy atom. The van der Waals surface area contributed by atoms with Gasteiger partial charge in [0.05, 0.1) is 19.0 Å². The molecule has 0 unspecified atom stereocenters. The fraction of sp³-hybridized carbons (Fsp3) is 0.353. The Balaban J connectivity index is 1.80. The molecule has 3 rings (SSSR count). The fourth-order valence-corrected chi connectivity index (χ4v) is 2.73. The lowest BCUT2D eigenvalue weighted by atomic mass is 10.2. The average Bonchev–Trinajstić information content (AvgIpc) is 3.01. The van der Waals surface area contributed by atoms with Gasteiger partial charge in [0, 0.05) is 26.3 Å². The number of aryl methyl sites for hydroxylation is 2. The van der Waals surface area contributed by atoms with Gasteiger partial charge in [-0.1, -0.05) is 17.7 Å². The van der Waals surface area contributed by atoms with Crippen molar-refractivity contribution in [3.05, 3.63) is 57.0 Å². The molecule has 0 aliphatic heterocycles. The second-order valence-corrected chi connectivity index (χ2v) is 6.18. The van der Waals surface area contributed by atoms with Crippen molar-refractivity contribution in [2.45, 2.75) is 19.6 Å². The van der Waals surface area contributed by atoms with E-state index in [1.807, 2.05) is 31.2 Å². The van der Waals surface area contributed by atoms with E-state index in [9.17, 15) is 14.7 Å². The number of aliphatic hydroxyl groups excluding tert-OH is 1. The molecule has 1 aromatic carbocycles. The molecule has 2 heterocycles. The summed E-state index contributed by atoms with van der Waals surface area (Å²) in [4.78, 5) is 28.4.